The number of halogens is 3. The number of nitrogens with two attached hydrogens (primary N) is 1. The van der Waals surface area contributed by atoms with E-state index in [2.05, 4.69) is 37.5 Å². The number of hydrogen-bond donors (Lipinski definition) is 1. The van der Waals surface area contributed by atoms with Gasteiger partial charge in [0.15, 0.2) is 0 Å². The summed E-state index contributed by atoms with van der Waals surface area (Å²) in [6.45, 7) is 0.760. The van der Waals surface area contributed by atoms with Crippen molar-refractivity contribution >= 4 is 45.8 Å². The molecule has 0 spiro atoms. The maximum absolute atomic E-state index is 6.10. The second kappa shape index (κ2) is 6.14. The summed E-state index contributed by atoms with van der Waals surface area (Å²) in [6.07, 6.45) is 6.08. The van der Waals surface area contributed by atoms with E-state index in [-0.39, 0.29) is 11.3 Å². The van der Waals surface area contributed by atoms with E-state index in [0.29, 0.717) is 10.8 Å². The Bertz CT molecular complexity index is 531. The van der Waals surface area contributed by atoms with Crippen molar-refractivity contribution in [2.24, 2.45) is 5.73 Å². The molecule has 2 aromatic rings. The minimum atomic E-state index is -0.239. The van der Waals surface area contributed by atoms with Gasteiger partial charge in [0.05, 0.1) is 21.6 Å². The van der Waals surface area contributed by atoms with Crippen LogP contribution in [0.1, 0.15) is 18.2 Å². The van der Waals surface area contributed by atoms with Crippen molar-refractivity contribution < 1.29 is 0 Å². The number of aromatic nitrogens is 4. The first-order valence-corrected chi connectivity index (χ1v) is 7.01. The van der Waals surface area contributed by atoms with E-state index < -0.39 is 0 Å². The molecule has 96 valence electrons. The molecule has 0 aromatic carbocycles. The second-order valence-electron chi connectivity index (χ2n) is 3.68. The molecule has 0 amide bonds. The zero-order valence-electron chi connectivity index (χ0n) is 9.22. The van der Waals surface area contributed by atoms with E-state index in [1.807, 2.05) is 10.8 Å². The zero-order valence-corrected chi connectivity index (χ0v) is 12.9. The largest absolute Gasteiger partial charge is 0.337 e. The third-order valence-corrected chi connectivity index (χ3v) is 4.24. The fourth-order valence-electron chi connectivity index (χ4n) is 1.50. The minimum Gasteiger partial charge on any atom is -0.337 e. The molecule has 0 aliphatic rings. The summed E-state index contributed by atoms with van der Waals surface area (Å²) in [7, 11) is 0. The van der Waals surface area contributed by atoms with Crippen molar-refractivity contribution in [3.05, 3.63) is 38.4 Å². The number of rotatable bonds is 4. The Labute approximate surface area is 128 Å². The maximum Gasteiger partial charge on any atom is 0.224 e. The van der Waals surface area contributed by atoms with Gasteiger partial charge in [-0.05, 0) is 40.6 Å². The third kappa shape index (κ3) is 3.31. The highest BCUT2D eigenvalue weighted by Crippen LogP contribution is 2.26. The smallest absolute Gasteiger partial charge is 0.224 e. The normalized spacial score (nSPS) is 12.7. The van der Waals surface area contributed by atoms with E-state index in [1.165, 1.54) is 0 Å². The SMILES string of the molecule is NC(CCn1ccnc1)c1nc(Cl)nc(Cl)c1I. The molecule has 8 heteroatoms. The highest BCUT2D eigenvalue weighted by molar-refractivity contribution is 14.1. The first kappa shape index (κ1) is 14.0. The van der Waals surface area contributed by atoms with E-state index in [0.717, 1.165) is 16.5 Å². The summed E-state index contributed by atoms with van der Waals surface area (Å²) >= 11 is 13.8. The third-order valence-electron chi connectivity index (χ3n) is 2.42. The number of imidazole rings is 1. The van der Waals surface area contributed by atoms with Crippen LogP contribution in [0.25, 0.3) is 0 Å². The van der Waals surface area contributed by atoms with Crippen LogP contribution in [0.15, 0.2) is 18.7 Å². The van der Waals surface area contributed by atoms with Gasteiger partial charge >= 0.3 is 0 Å². The molecule has 1 unspecified atom stereocenters. The van der Waals surface area contributed by atoms with Crippen molar-refractivity contribution in [1.82, 2.24) is 19.5 Å². The number of aryl methyl sites for hydroxylation is 1. The molecule has 2 aromatic heterocycles. The van der Waals surface area contributed by atoms with Crippen LogP contribution in [-0.2, 0) is 6.54 Å². The molecule has 2 heterocycles. The van der Waals surface area contributed by atoms with Crippen LogP contribution in [-0.4, -0.2) is 19.5 Å². The van der Waals surface area contributed by atoms with E-state index in [9.17, 15) is 0 Å². The molecular formula is C10H10Cl2IN5. The van der Waals surface area contributed by atoms with Gasteiger partial charge in [0, 0.05) is 18.9 Å². The highest BCUT2D eigenvalue weighted by atomic mass is 127. The molecule has 18 heavy (non-hydrogen) atoms. The molecule has 0 bridgehead atoms. The summed E-state index contributed by atoms with van der Waals surface area (Å²) < 4.78 is 2.70. The van der Waals surface area contributed by atoms with Gasteiger partial charge in [0.25, 0.3) is 0 Å². The average Bonchev–Trinajstić information content (AvgIpc) is 2.83. The predicted octanol–water partition coefficient (Wildman–Crippen LogP) is 2.67. The summed E-state index contributed by atoms with van der Waals surface area (Å²) in [5.74, 6) is 0. The molecule has 0 radical (unpaired) electrons. The minimum absolute atomic E-state index is 0.119. The molecule has 0 aliphatic carbocycles. The van der Waals surface area contributed by atoms with Gasteiger partial charge in [0.2, 0.25) is 5.28 Å². The Hall–Kier alpha value is -0.440. The first-order valence-electron chi connectivity index (χ1n) is 5.17. The van der Waals surface area contributed by atoms with E-state index in [4.69, 9.17) is 28.9 Å². The standard InChI is InChI=1S/C10H10Cl2IN5/c11-9-7(13)8(16-10(12)17-9)6(14)1-3-18-4-2-15-5-18/h2,4-6H,1,3,14H2. The fraction of sp³-hybridized carbons (Fsp3) is 0.300. The maximum atomic E-state index is 6.10. The van der Waals surface area contributed by atoms with Gasteiger partial charge in [-0.25, -0.2) is 15.0 Å². The lowest BCUT2D eigenvalue weighted by molar-refractivity contribution is 0.548. The summed E-state index contributed by atoms with van der Waals surface area (Å²) in [6, 6.07) is -0.239. The topological polar surface area (TPSA) is 69.6 Å². The lowest BCUT2D eigenvalue weighted by atomic mass is 10.1. The molecular weight excluding hydrogens is 388 g/mol. The van der Waals surface area contributed by atoms with Gasteiger partial charge in [-0.15, -0.1) is 0 Å². The van der Waals surface area contributed by atoms with Crippen molar-refractivity contribution in [2.75, 3.05) is 0 Å². The Morgan fingerprint density at radius 2 is 2.17 bits per heavy atom. The van der Waals surface area contributed by atoms with Crippen LogP contribution in [0.3, 0.4) is 0 Å². The molecule has 0 aliphatic heterocycles. The number of hydrogen-bond acceptors (Lipinski definition) is 4. The fourth-order valence-corrected chi connectivity index (χ4v) is 2.54. The van der Waals surface area contributed by atoms with Crippen LogP contribution >= 0.6 is 45.8 Å². The highest BCUT2D eigenvalue weighted by Gasteiger charge is 2.16. The number of nitrogens with zero attached hydrogens (tertiary/aromatic N) is 4. The molecule has 0 saturated heterocycles. The van der Waals surface area contributed by atoms with Gasteiger partial charge in [-0.2, -0.15) is 0 Å². The van der Waals surface area contributed by atoms with E-state index >= 15 is 0 Å². The lowest BCUT2D eigenvalue weighted by Gasteiger charge is -2.13. The van der Waals surface area contributed by atoms with Crippen molar-refractivity contribution in [3.63, 3.8) is 0 Å². The summed E-state index contributed by atoms with van der Waals surface area (Å²) in [5.41, 5.74) is 6.79. The second-order valence-corrected chi connectivity index (χ2v) is 5.45. The molecule has 5 nitrogen and oxygen atoms in total. The Morgan fingerprint density at radius 3 is 2.83 bits per heavy atom. The van der Waals surface area contributed by atoms with Gasteiger partial charge in [-0.1, -0.05) is 11.6 Å². The molecule has 0 fully saturated rings. The zero-order chi connectivity index (χ0) is 13.1. The molecule has 2 N–H and O–H groups in total. The van der Waals surface area contributed by atoms with Crippen molar-refractivity contribution in [3.8, 4) is 0 Å². The molecule has 2 rings (SSSR count). The first-order chi connectivity index (χ1) is 8.58. The van der Waals surface area contributed by atoms with Gasteiger partial charge in [0.1, 0.15) is 5.15 Å². The van der Waals surface area contributed by atoms with Crippen LogP contribution in [0.4, 0.5) is 0 Å². The summed E-state index contributed by atoms with van der Waals surface area (Å²) in [5, 5.41) is 0.456. The predicted molar refractivity (Wildman–Crippen MR) is 78.5 cm³/mol. The Balaban J connectivity index is 2.11. The van der Waals surface area contributed by atoms with Gasteiger partial charge < -0.3 is 10.3 Å². The average molecular weight is 398 g/mol. The van der Waals surface area contributed by atoms with Crippen molar-refractivity contribution in [2.45, 2.75) is 19.0 Å². The quantitative estimate of drug-likeness (QED) is 0.489. The summed E-state index contributed by atoms with van der Waals surface area (Å²) in [4.78, 5) is 12.0. The van der Waals surface area contributed by atoms with Crippen LogP contribution in [0, 0.1) is 3.57 Å². The van der Waals surface area contributed by atoms with Crippen LogP contribution in [0.5, 0.6) is 0 Å². The Morgan fingerprint density at radius 1 is 1.39 bits per heavy atom. The molecule has 1 atom stereocenters. The van der Waals surface area contributed by atoms with Gasteiger partial charge in [-0.3, -0.25) is 0 Å². The van der Waals surface area contributed by atoms with E-state index in [1.54, 1.807) is 12.5 Å². The lowest BCUT2D eigenvalue weighted by Crippen LogP contribution is -2.17. The Kier molecular flexibility index (Phi) is 4.77. The monoisotopic (exact) mass is 397 g/mol. The van der Waals surface area contributed by atoms with Crippen LogP contribution in [0.2, 0.25) is 10.4 Å². The van der Waals surface area contributed by atoms with Crippen LogP contribution < -0.4 is 5.73 Å². The molecule has 0 saturated carbocycles. The van der Waals surface area contributed by atoms with Crippen molar-refractivity contribution in [1.29, 1.82) is 0 Å².